The topological polar surface area (TPSA) is 98.5 Å². The Hall–Kier alpha value is -1.60. The predicted molar refractivity (Wildman–Crippen MR) is 76.2 cm³/mol. The highest BCUT2D eigenvalue weighted by Gasteiger charge is 2.19. The van der Waals surface area contributed by atoms with Gasteiger partial charge in [-0.25, -0.2) is 13.6 Å². The molecule has 1 aromatic rings. The molecule has 0 aliphatic rings. The van der Waals surface area contributed by atoms with Crippen molar-refractivity contribution in [2.45, 2.75) is 31.6 Å². The quantitative estimate of drug-likeness (QED) is 0.843. The molecule has 0 bridgehead atoms. The third kappa shape index (κ3) is 3.94. The normalized spacial score (nSPS) is 11.5. The summed E-state index contributed by atoms with van der Waals surface area (Å²) in [5.74, 6) is 0.182. The van der Waals surface area contributed by atoms with Crippen LogP contribution in [-0.2, 0) is 14.8 Å². The number of nitrogens with one attached hydrogen (secondary N) is 1. The summed E-state index contributed by atoms with van der Waals surface area (Å²) in [5, 5.41) is 7.67. The fourth-order valence-electron chi connectivity index (χ4n) is 1.75. The number of carbonyl (C=O) groups excluding carboxylic acids is 1. The third-order valence-electron chi connectivity index (χ3n) is 2.87. The summed E-state index contributed by atoms with van der Waals surface area (Å²) >= 11 is 0. The van der Waals surface area contributed by atoms with Gasteiger partial charge in [0.05, 0.1) is 4.90 Å². The lowest BCUT2D eigenvalue weighted by Crippen LogP contribution is -2.25. The number of ether oxygens (including phenoxy) is 1. The molecule has 1 aromatic carbocycles. The van der Waals surface area contributed by atoms with Gasteiger partial charge in [0.25, 0.3) is 5.91 Å². The first-order valence-electron chi connectivity index (χ1n) is 6.17. The van der Waals surface area contributed by atoms with Crippen LogP contribution < -0.4 is 15.2 Å². The average Bonchev–Trinajstić information content (AvgIpc) is 2.35. The zero-order valence-corrected chi connectivity index (χ0v) is 12.9. The molecule has 0 heterocycles. The van der Waals surface area contributed by atoms with Crippen LogP contribution in [0.25, 0.3) is 0 Å². The molecule has 0 aliphatic heterocycles. The zero-order valence-electron chi connectivity index (χ0n) is 12.1. The summed E-state index contributed by atoms with van der Waals surface area (Å²) in [7, 11) is -2.27. The Morgan fingerprint density at radius 2 is 2.00 bits per heavy atom. The van der Waals surface area contributed by atoms with Crippen molar-refractivity contribution in [3.63, 3.8) is 0 Å². The van der Waals surface area contributed by atoms with Crippen LogP contribution in [0, 0.1) is 6.92 Å². The Balaban J connectivity index is 3.24. The number of rotatable bonds is 5. The van der Waals surface area contributed by atoms with E-state index in [0.717, 1.165) is 0 Å². The van der Waals surface area contributed by atoms with E-state index in [9.17, 15) is 13.2 Å². The lowest BCUT2D eigenvalue weighted by atomic mass is 10.0. The molecule has 0 unspecified atom stereocenters. The molecule has 1 rings (SSSR count). The molecule has 0 saturated heterocycles. The van der Waals surface area contributed by atoms with E-state index in [2.05, 4.69) is 5.32 Å². The second kappa shape index (κ2) is 6.23. The monoisotopic (exact) mass is 300 g/mol. The molecule has 3 N–H and O–H groups in total. The van der Waals surface area contributed by atoms with Crippen LogP contribution in [0.3, 0.4) is 0 Å². The van der Waals surface area contributed by atoms with Gasteiger partial charge in [0, 0.05) is 7.05 Å². The maximum Gasteiger partial charge on any atom is 0.257 e. The number of benzene rings is 1. The summed E-state index contributed by atoms with van der Waals surface area (Å²) in [6.45, 7) is 5.31. The predicted octanol–water partition coefficient (Wildman–Crippen LogP) is 0.891. The zero-order chi connectivity index (χ0) is 15.5. The van der Waals surface area contributed by atoms with Crippen LogP contribution in [0.4, 0.5) is 0 Å². The van der Waals surface area contributed by atoms with Crippen LogP contribution in [0.5, 0.6) is 5.75 Å². The minimum absolute atomic E-state index is 0.0359. The molecule has 0 spiro atoms. The van der Waals surface area contributed by atoms with Crippen molar-refractivity contribution < 1.29 is 17.9 Å². The second-order valence-electron chi connectivity index (χ2n) is 4.82. The first kappa shape index (κ1) is 16.5. The van der Waals surface area contributed by atoms with Gasteiger partial charge in [0.2, 0.25) is 10.0 Å². The van der Waals surface area contributed by atoms with Gasteiger partial charge in [-0.05, 0) is 36.1 Å². The molecule has 0 saturated carbocycles. The maximum absolute atomic E-state index is 11.6. The van der Waals surface area contributed by atoms with Crippen LogP contribution >= 0.6 is 0 Å². The van der Waals surface area contributed by atoms with Crippen LogP contribution in [0.1, 0.15) is 30.9 Å². The SMILES string of the molecule is CNC(=O)COc1cc(C(C)C)c(S(N)(=O)=O)cc1C. The fourth-order valence-corrected chi connectivity index (χ4v) is 2.71. The average molecular weight is 300 g/mol. The van der Waals surface area contributed by atoms with E-state index < -0.39 is 10.0 Å². The minimum Gasteiger partial charge on any atom is -0.483 e. The molecule has 0 fully saturated rings. The summed E-state index contributed by atoms with van der Waals surface area (Å²) < 4.78 is 28.6. The number of carbonyl (C=O) groups is 1. The summed E-state index contributed by atoms with van der Waals surface area (Å²) in [4.78, 5) is 11.3. The summed E-state index contributed by atoms with van der Waals surface area (Å²) in [6, 6.07) is 3.10. The largest absolute Gasteiger partial charge is 0.483 e. The number of aryl methyl sites for hydroxylation is 1. The van der Waals surface area contributed by atoms with Crippen LogP contribution in [0.15, 0.2) is 17.0 Å². The molecule has 0 aromatic heterocycles. The molecule has 0 radical (unpaired) electrons. The van der Waals surface area contributed by atoms with Crippen molar-refractivity contribution in [1.29, 1.82) is 0 Å². The van der Waals surface area contributed by atoms with Crippen molar-refractivity contribution in [3.8, 4) is 5.75 Å². The highest BCUT2D eigenvalue weighted by molar-refractivity contribution is 7.89. The Morgan fingerprint density at radius 3 is 2.45 bits per heavy atom. The molecule has 112 valence electrons. The van der Waals surface area contributed by atoms with Gasteiger partial charge in [-0.15, -0.1) is 0 Å². The lowest BCUT2D eigenvalue weighted by molar-refractivity contribution is -0.122. The molecular formula is C13H20N2O4S. The van der Waals surface area contributed by atoms with Crippen LogP contribution in [0.2, 0.25) is 0 Å². The van der Waals surface area contributed by atoms with E-state index >= 15 is 0 Å². The van der Waals surface area contributed by atoms with Crippen molar-refractivity contribution in [3.05, 3.63) is 23.3 Å². The molecule has 20 heavy (non-hydrogen) atoms. The number of nitrogens with two attached hydrogens (primary N) is 1. The molecular weight excluding hydrogens is 280 g/mol. The van der Waals surface area contributed by atoms with Gasteiger partial charge in [-0.3, -0.25) is 4.79 Å². The smallest absolute Gasteiger partial charge is 0.257 e. The summed E-state index contributed by atoms with van der Waals surface area (Å²) in [5.41, 5.74) is 1.19. The van der Waals surface area contributed by atoms with Gasteiger partial charge < -0.3 is 10.1 Å². The van der Waals surface area contributed by atoms with Crippen LogP contribution in [-0.4, -0.2) is 28.0 Å². The van der Waals surface area contributed by atoms with E-state index in [4.69, 9.17) is 9.88 Å². The number of hydrogen-bond donors (Lipinski definition) is 2. The number of sulfonamides is 1. The third-order valence-corrected chi connectivity index (χ3v) is 3.84. The fraction of sp³-hybridized carbons (Fsp3) is 0.462. The highest BCUT2D eigenvalue weighted by Crippen LogP contribution is 2.30. The standard InChI is InChI=1S/C13H20N2O4S/c1-8(2)10-6-11(19-7-13(16)15-4)9(3)5-12(10)20(14,17)18/h5-6,8H,7H2,1-4H3,(H,15,16)(H2,14,17,18). The van der Waals surface area contributed by atoms with E-state index in [1.54, 1.807) is 13.0 Å². The molecule has 7 heteroatoms. The first-order chi connectivity index (χ1) is 9.16. The number of amides is 1. The van der Waals surface area contributed by atoms with Crippen molar-refractivity contribution in [2.24, 2.45) is 5.14 Å². The molecule has 0 aliphatic carbocycles. The van der Waals surface area contributed by atoms with Gasteiger partial charge >= 0.3 is 0 Å². The summed E-state index contributed by atoms with van der Waals surface area (Å²) in [6.07, 6.45) is 0. The Kier molecular flexibility index (Phi) is 5.13. The Bertz CT molecular complexity index is 609. The van der Waals surface area contributed by atoms with E-state index in [1.807, 2.05) is 13.8 Å². The van der Waals surface area contributed by atoms with E-state index in [-0.39, 0.29) is 23.3 Å². The van der Waals surface area contributed by atoms with E-state index in [0.29, 0.717) is 16.9 Å². The molecule has 6 nitrogen and oxygen atoms in total. The number of likely N-dealkylation sites (N-methyl/N-ethyl adjacent to an activating group) is 1. The Labute approximate surface area is 119 Å². The van der Waals surface area contributed by atoms with E-state index in [1.165, 1.54) is 13.1 Å². The van der Waals surface area contributed by atoms with Crippen molar-refractivity contribution in [1.82, 2.24) is 5.32 Å². The molecule has 0 atom stereocenters. The van der Waals surface area contributed by atoms with Gasteiger partial charge in [-0.1, -0.05) is 13.8 Å². The van der Waals surface area contributed by atoms with Gasteiger partial charge in [-0.2, -0.15) is 0 Å². The van der Waals surface area contributed by atoms with Crippen molar-refractivity contribution >= 4 is 15.9 Å². The van der Waals surface area contributed by atoms with Crippen molar-refractivity contribution in [2.75, 3.05) is 13.7 Å². The molecule has 1 amide bonds. The lowest BCUT2D eigenvalue weighted by Gasteiger charge is -2.16. The Morgan fingerprint density at radius 1 is 1.40 bits per heavy atom. The van der Waals surface area contributed by atoms with Gasteiger partial charge in [0.1, 0.15) is 5.75 Å². The second-order valence-corrected chi connectivity index (χ2v) is 6.35. The minimum atomic E-state index is -3.79. The van der Waals surface area contributed by atoms with Gasteiger partial charge in [0.15, 0.2) is 6.61 Å². The highest BCUT2D eigenvalue weighted by atomic mass is 32.2. The number of hydrogen-bond acceptors (Lipinski definition) is 4. The number of primary sulfonamides is 1. The maximum atomic E-state index is 11.6. The first-order valence-corrected chi connectivity index (χ1v) is 7.72.